The monoisotopic (exact) mass is 291 g/mol. The Labute approximate surface area is 118 Å². The van der Waals surface area contributed by atoms with Crippen molar-refractivity contribution in [2.24, 2.45) is 4.99 Å². The first-order valence-corrected chi connectivity index (χ1v) is 8.45. The van der Waals surface area contributed by atoms with Crippen LogP contribution in [0.25, 0.3) is 0 Å². The lowest BCUT2D eigenvalue weighted by Gasteiger charge is -2.23. The van der Waals surface area contributed by atoms with Gasteiger partial charge in [-0.05, 0) is 27.2 Å². The van der Waals surface area contributed by atoms with Crippen LogP contribution in [0.2, 0.25) is 0 Å². The van der Waals surface area contributed by atoms with Gasteiger partial charge in [0.2, 0.25) is 0 Å². The summed E-state index contributed by atoms with van der Waals surface area (Å²) >= 11 is 0. The fraction of sp³-hybridized carbons (Fsp3) is 0.923. The lowest BCUT2D eigenvalue weighted by atomic mass is 10.3. The zero-order chi connectivity index (χ0) is 15.1. The maximum atomic E-state index is 12.0. The zero-order valence-corrected chi connectivity index (χ0v) is 14.0. The van der Waals surface area contributed by atoms with Gasteiger partial charge in [0.15, 0.2) is 15.8 Å². The molecule has 1 N–H and O–H groups in total. The van der Waals surface area contributed by atoms with E-state index in [9.17, 15) is 8.42 Å². The predicted octanol–water partition coefficient (Wildman–Crippen LogP) is 1.51. The highest BCUT2D eigenvalue weighted by molar-refractivity contribution is 7.92. The van der Waals surface area contributed by atoms with Gasteiger partial charge in [-0.15, -0.1) is 0 Å². The minimum Gasteiger partial charge on any atom is -0.355 e. The molecule has 0 aromatic rings. The average molecular weight is 291 g/mol. The number of rotatable bonds is 6. The van der Waals surface area contributed by atoms with Crippen LogP contribution in [0.1, 0.15) is 40.5 Å². The summed E-state index contributed by atoms with van der Waals surface area (Å²) in [4.78, 5) is 6.18. The predicted molar refractivity (Wildman–Crippen MR) is 82.4 cm³/mol. The average Bonchev–Trinajstić information content (AvgIpc) is 2.30. The Morgan fingerprint density at radius 3 is 2.32 bits per heavy atom. The number of aliphatic imine (C=N–C) groups is 1. The van der Waals surface area contributed by atoms with Gasteiger partial charge in [0.1, 0.15) is 0 Å². The number of guanidine groups is 1. The van der Waals surface area contributed by atoms with Crippen molar-refractivity contribution in [1.29, 1.82) is 0 Å². The summed E-state index contributed by atoms with van der Waals surface area (Å²) in [6.07, 6.45) is 2.22. The second kappa shape index (κ2) is 7.72. The molecule has 0 fully saturated rings. The number of hydrogen-bond acceptors (Lipinski definition) is 3. The molecule has 5 nitrogen and oxygen atoms in total. The second-order valence-corrected chi connectivity index (χ2v) is 8.54. The first kappa shape index (κ1) is 18.2. The molecule has 0 heterocycles. The highest BCUT2D eigenvalue weighted by Crippen LogP contribution is 2.15. The third-order valence-corrected chi connectivity index (χ3v) is 5.61. The van der Waals surface area contributed by atoms with Gasteiger partial charge in [-0.3, -0.25) is 4.99 Å². The van der Waals surface area contributed by atoms with Gasteiger partial charge in [-0.2, -0.15) is 0 Å². The SMILES string of the molecule is CCCCN(C)C(=NC)NCCS(=O)(=O)C(C)(C)C. The van der Waals surface area contributed by atoms with Crippen molar-refractivity contribution in [3.8, 4) is 0 Å². The van der Waals surface area contributed by atoms with Crippen LogP contribution in [0.4, 0.5) is 0 Å². The molecule has 0 saturated carbocycles. The van der Waals surface area contributed by atoms with E-state index in [0.29, 0.717) is 6.54 Å². The van der Waals surface area contributed by atoms with Crippen LogP contribution in [-0.4, -0.2) is 57.0 Å². The normalized spacial score (nSPS) is 13.5. The number of nitrogens with zero attached hydrogens (tertiary/aromatic N) is 2. The minimum absolute atomic E-state index is 0.122. The Bertz CT molecular complexity index is 383. The largest absolute Gasteiger partial charge is 0.355 e. The van der Waals surface area contributed by atoms with Crippen LogP contribution in [0, 0.1) is 0 Å². The van der Waals surface area contributed by atoms with E-state index in [1.54, 1.807) is 27.8 Å². The summed E-state index contributed by atoms with van der Waals surface area (Å²) in [6, 6.07) is 0. The van der Waals surface area contributed by atoms with E-state index in [0.717, 1.165) is 25.3 Å². The summed E-state index contributed by atoms with van der Waals surface area (Å²) in [7, 11) is 0.593. The molecule has 0 spiro atoms. The summed E-state index contributed by atoms with van der Waals surface area (Å²) in [5.74, 6) is 0.870. The Morgan fingerprint density at radius 1 is 1.32 bits per heavy atom. The fourth-order valence-electron chi connectivity index (χ4n) is 1.49. The molecule has 0 aliphatic rings. The maximum Gasteiger partial charge on any atom is 0.193 e. The van der Waals surface area contributed by atoms with E-state index < -0.39 is 14.6 Å². The van der Waals surface area contributed by atoms with Crippen LogP contribution < -0.4 is 5.32 Å². The molecule has 6 heteroatoms. The van der Waals surface area contributed by atoms with Crippen LogP contribution >= 0.6 is 0 Å². The molecule has 0 unspecified atom stereocenters. The van der Waals surface area contributed by atoms with Crippen molar-refractivity contribution in [1.82, 2.24) is 10.2 Å². The molecule has 0 aromatic heterocycles. The summed E-state index contributed by atoms with van der Waals surface area (Å²) < 4.78 is 23.2. The number of sulfone groups is 1. The number of nitrogens with one attached hydrogen (secondary N) is 1. The van der Waals surface area contributed by atoms with E-state index in [4.69, 9.17) is 0 Å². The Kier molecular flexibility index (Phi) is 7.41. The topological polar surface area (TPSA) is 61.8 Å². The summed E-state index contributed by atoms with van der Waals surface area (Å²) in [5, 5.41) is 3.10. The number of hydrogen-bond donors (Lipinski definition) is 1. The second-order valence-electron chi connectivity index (χ2n) is 5.68. The van der Waals surface area contributed by atoms with Crippen molar-refractivity contribution in [3.63, 3.8) is 0 Å². The zero-order valence-electron chi connectivity index (χ0n) is 13.2. The van der Waals surface area contributed by atoms with E-state index in [1.807, 2.05) is 11.9 Å². The summed E-state index contributed by atoms with van der Waals surface area (Å²) in [6.45, 7) is 8.63. The lowest BCUT2D eigenvalue weighted by Crippen LogP contribution is -2.43. The van der Waals surface area contributed by atoms with E-state index in [2.05, 4.69) is 17.2 Å². The molecule has 0 aliphatic carbocycles. The van der Waals surface area contributed by atoms with Crippen LogP contribution in [-0.2, 0) is 9.84 Å². The summed E-state index contributed by atoms with van der Waals surface area (Å²) in [5.41, 5.74) is 0. The Morgan fingerprint density at radius 2 is 1.89 bits per heavy atom. The minimum atomic E-state index is -3.08. The Hall–Kier alpha value is -0.780. The molecule has 0 atom stereocenters. The van der Waals surface area contributed by atoms with Gasteiger partial charge >= 0.3 is 0 Å². The first-order valence-electron chi connectivity index (χ1n) is 6.79. The maximum absolute atomic E-state index is 12.0. The highest BCUT2D eigenvalue weighted by atomic mass is 32.2. The highest BCUT2D eigenvalue weighted by Gasteiger charge is 2.28. The van der Waals surface area contributed by atoms with Crippen molar-refractivity contribution in [2.45, 2.75) is 45.3 Å². The van der Waals surface area contributed by atoms with Crippen LogP contribution in [0.5, 0.6) is 0 Å². The number of unbranched alkanes of at least 4 members (excludes halogenated alkanes) is 1. The van der Waals surface area contributed by atoms with Gasteiger partial charge in [-0.25, -0.2) is 8.42 Å². The molecular formula is C13H29N3O2S. The van der Waals surface area contributed by atoms with Gasteiger partial charge in [0.25, 0.3) is 0 Å². The van der Waals surface area contributed by atoms with Crippen LogP contribution in [0.3, 0.4) is 0 Å². The molecule has 0 aromatic carbocycles. The van der Waals surface area contributed by atoms with Crippen molar-refractivity contribution in [2.75, 3.05) is 32.9 Å². The van der Waals surface area contributed by atoms with E-state index in [-0.39, 0.29) is 5.75 Å². The van der Waals surface area contributed by atoms with E-state index >= 15 is 0 Å². The molecule has 0 rings (SSSR count). The van der Waals surface area contributed by atoms with Gasteiger partial charge in [0, 0.05) is 27.2 Å². The third-order valence-electron chi connectivity index (χ3n) is 3.01. The molecule has 0 aliphatic heterocycles. The van der Waals surface area contributed by atoms with Gasteiger partial charge in [0.05, 0.1) is 10.5 Å². The molecule has 0 saturated heterocycles. The quantitative estimate of drug-likeness (QED) is 0.595. The third kappa shape index (κ3) is 6.27. The lowest BCUT2D eigenvalue weighted by molar-refractivity contribution is 0.466. The Balaban J connectivity index is 4.33. The van der Waals surface area contributed by atoms with E-state index in [1.165, 1.54) is 0 Å². The van der Waals surface area contributed by atoms with Gasteiger partial charge in [-0.1, -0.05) is 13.3 Å². The molecule has 114 valence electrons. The molecule has 19 heavy (non-hydrogen) atoms. The van der Waals surface area contributed by atoms with Crippen molar-refractivity contribution < 1.29 is 8.42 Å². The van der Waals surface area contributed by atoms with Gasteiger partial charge < -0.3 is 10.2 Å². The molecular weight excluding hydrogens is 262 g/mol. The molecule has 0 amide bonds. The molecule has 0 bridgehead atoms. The molecule has 0 radical (unpaired) electrons. The first-order chi connectivity index (χ1) is 8.65. The fourth-order valence-corrected chi connectivity index (χ4v) is 2.47. The standard InChI is InChI=1S/C13H29N3O2S/c1-7-8-10-16(6)12(14-5)15-9-11-19(17,18)13(2,3)4/h7-11H2,1-6H3,(H,14,15). The van der Waals surface area contributed by atoms with Crippen molar-refractivity contribution >= 4 is 15.8 Å². The smallest absolute Gasteiger partial charge is 0.193 e. The van der Waals surface area contributed by atoms with Crippen LogP contribution in [0.15, 0.2) is 4.99 Å². The van der Waals surface area contributed by atoms with Crippen molar-refractivity contribution in [3.05, 3.63) is 0 Å².